The number of para-hydroxylation sites is 1. The summed E-state index contributed by atoms with van der Waals surface area (Å²) in [5, 5.41) is 7.74. The van der Waals surface area contributed by atoms with E-state index in [9.17, 15) is 18.0 Å². The summed E-state index contributed by atoms with van der Waals surface area (Å²) >= 11 is 1.16. The number of benzene rings is 1. The van der Waals surface area contributed by atoms with Gasteiger partial charge in [-0.3, -0.25) is 5.32 Å². The maximum Gasteiger partial charge on any atom is 0.418 e. The molecule has 0 aliphatic carbocycles. The Hall–Kier alpha value is -3.21. The quantitative estimate of drug-likeness (QED) is 0.586. The zero-order chi connectivity index (χ0) is 20.3. The molecule has 0 fully saturated rings. The first kappa shape index (κ1) is 19.5. The molecule has 0 spiro atoms. The van der Waals surface area contributed by atoms with Crippen LogP contribution in [-0.2, 0) is 6.18 Å². The van der Waals surface area contributed by atoms with E-state index in [-0.39, 0.29) is 10.8 Å². The Kier molecular flexibility index (Phi) is 5.45. The van der Waals surface area contributed by atoms with Crippen LogP contribution >= 0.6 is 11.3 Å². The molecule has 0 bridgehead atoms. The van der Waals surface area contributed by atoms with Crippen LogP contribution in [0.3, 0.4) is 0 Å². The molecule has 0 aliphatic rings. The van der Waals surface area contributed by atoms with Crippen LogP contribution in [0.2, 0.25) is 0 Å². The number of hydrogen-bond acceptors (Lipinski definition) is 6. The second-order valence-corrected chi connectivity index (χ2v) is 6.57. The summed E-state index contributed by atoms with van der Waals surface area (Å²) < 4.78 is 39.1. The van der Waals surface area contributed by atoms with Crippen molar-refractivity contribution in [3.8, 4) is 10.6 Å². The number of aryl methyl sites for hydroxylation is 1. The lowest BCUT2D eigenvalue weighted by atomic mass is 10.1. The molecule has 0 atom stereocenters. The minimum atomic E-state index is -4.58. The highest BCUT2D eigenvalue weighted by Crippen LogP contribution is 2.35. The van der Waals surface area contributed by atoms with Crippen LogP contribution < -0.4 is 16.0 Å². The van der Waals surface area contributed by atoms with E-state index in [4.69, 9.17) is 0 Å². The summed E-state index contributed by atoms with van der Waals surface area (Å²) in [4.78, 5) is 25.5. The van der Waals surface area contributed by atoms with Crippen molar-refractivity contribution in [2.45, 2.75) is 13.1 Å². The van der Waals surface area contributed by atoms with Crippen LogP contribution in [0.15, 0.2) is 36.5 Å². The largest absolute Gasteiger partial charge is 0.418 e. The molecule has 0 aliphatic heterocycles. The molecule has 2 aromatic heterocycles. The third-order valence-electron chi connectivity index (χ3n) is 3.61. The molecule has 3 aromatic rings. The lowest BCUT2D eigenvalue weighted by Crippen LogP contribution is -2.21. The smallest absolute Gasteiger partial charge is 0.357 e. The van der Waals surface area contributed by atoms with Gasteiger partial charge < -0.3 is 10.6 Å². The summed E-state index contributed by atoms with van der Waals surface area (Å²) in [7, 11) is 1.69. The van der Waals surface area contributed by atoms with Gasteiger partial charge in [-0.25, -0.2) is 19.7 Å². The van der Waals surface area contributed by atoms with Gasteiger partial charge in [0.05, 0.1) is 27.5 Å². The molecule has 11 heteroatoms. The SMILES string of the molecule is CNc1nccc(-c2sc(NC(=O)Nc3ccccc3C(F)(F)F)nc2C)n1. The third-order valence-corrected chi connectivity index (χ3v) is 4.70. The zero-order valence-electron chi connectivity index (χ0n) is 14.8. The summed E-state index contributed by atoms with van der Waals surface area (Å²) in [6.45, 7) is 1.75. The van der Waals surface area contributed by atoms with Crippen molar-refractivity contribution >= 4 is 34.1 Å². The Morgan fingerprint density at radius 1 is 1.11 bits per heavy atom. The maximum atomic E-state index is 13.0. The van der Waals surface area contributed by atoms with E-state index in [0.717, 1.165) is 17.4 Å². The number of hydrogen-bond donors (Lipinski definition) is 3. The van der Waals surface area contributed by atoms with Crippen LogP contribution in [0.5, 0.6) is 0 Å². The van der Waals surface area contributed by atoms with Crippen LogP contribution in [0.1, 0.15) is 11.3 Å². The van der Waals surface area contributed by atoms with Gasteiger partial charge in [0.25, 0.3) is 0 Å². The number of urea groups is 1. The van der Waals surface area contributed by atoms with Crippen LogP contribution in [-0.4, -0.2) is 28.0 Å². The number of anilines is 3. The van der Waals surface area contributed by atoms with Gasteiger partial charge in [0.2, 0.25) is 5.95 Å². The van der Waals surface area contributed by atoms with Gasteiger partial charge >= 0.3 is 12.2 Å². The zero-order valence-corrected chi connectivity index (χ0v) is 15.6. The van der Waals surface area contributed by atoms with Crippen molar-refractivity contribution in [2.24, 2.45) is 0 Å². The van der Waals surface area contributed by atoms with Crippen LogP contribution in [0.25, 0.3) is 10.6 Å². The minimum Gasteiger partial charge on any atom is -0.357 e. The van der Waals surface area contributed by atoms with Gasteiger partial charge in [-0.1, -0.05) is 23.5 Å². The van der Waals surface area contributed by atoms with Gasteiger partial charge in [-0.15, -0.1) is 0 Å². The highest BCUT2D eigenvalue weighted by molar-refractivity contribution is 7.19. The van der Waals surface area contributed by atoms with E-state index in [1.54, 1.807) is 26.2 Å². The van der Waals surface area contributed by atoms with Crippen molar-refractivity contribution in [2.75, 3.05) is 23.0 Å². The molecule has 2 heterocycles. The van der Waals surface area contributed by atoms with Crippen molar-refractivity contribution in [3.63, 3.8) is 0 Å². The molecule has 0 unspecified atom stereocenters. The Morgan fingerprint density at radius 3 is 2.57 bits per heavy atom. The second kappa shape index (κ2) is 7.80. The van der Waals surface area contributed by atoms with Crippen molar-refractivity contribution in [1.29, 1.82) is 0 Å². The number of carbonyl (C=O) groups excluding carboxylic acids is 1. The Balaban J connectivity index is 1.77. The van der Waals surface area contributed by atoms with Crippen LogP contribution in [0.4, 0.5) is 34.7 Å². The van der Waals surface area contributed by atoms with Gasteiger partial charge in [0.1, 0.15) is 0 Å². The summed E-state index contributed by atoms with van der Waals surface area (Å²) in [6.07, 6.45) is -2.99. The summed E-state index contributed by atoms with van der Waals surface area (Å²) in [6, 6.07) is 5.62. The average Bonchev–Trinajstić information content (AvgIpc) is 3.01. The predicted molar refractivity (Wildman–Crippen MR) is 102 cm³/mol. The van der Waals surface area contributed by atoms with Crippen LogP contribution in [0, 0.1) is 6.92 Å². The third kappa shape index (κ3) is 4.36. The lowest BCUT2D eigenvalue weighted by molar-refractivity contribution is -0.136. The average molecular weight is 408 g/mol. The standard InChI is InChI=1S/C17H15F3N6OS/c1-9-13(12-7-8-22-14(21-2)24-12)28-16(23-9)26-15(27)25-11-6-4-3-5-10(11)17(18,19)20/h3-8H,1-2H3,(H,21,22,24)(H2,23,25,26,27). The fourth-order valence-corrected chi connectivity index (χ4v) is 3.31. The highest BCUT2D eigenvalue weighted by atomic mass is 32.1. The van der Waals surface area contributed by atoms with Gasteiger partial charge in [0, 0.05) is 13.2 Å². The minimum absolute atomic E-state index is 0.235. The first-order chi connectivity index (χ1) is 13.3. The molecule has 0 saturated carbocycles. The Morgan fingerprint density at radius 2 is 1.86 bits per heavy atom. The number of rotatable bonds is 4. The lowest BCUT2D eigenvalue weighted by Gasteiger charge is -2.13. The molecule has 0 saturated heterocycles. The monoisotopic (exact) mass is 408 g/mol. The topological polar surface area (TPSA) is 91.8 Å². The van der Waals surface area contributed by atoms with E-state index in [2.05, 4.69) is 30.9 Å². The summed E-state index contributed by atoms with van der Waals surface area (Å²) in [5.74, 6) is 0.432. The fraction of sp³-hybridized carbons (Fsp3) is 0.176. The number of alkyl halides is 3. The number of thiazole rings is 1. The fourth-order valence-electron chi connectivity index (χ4n) is 2.38. The number of nitrogens with one attached hydrogen (secondary N) is 3. The molecule has 3 rings (SSSR count). The molecule has 3 N–H and O–H groups in total. The normalized spacial score (nSPS) is 11.2. The first-order valence-corrected chi connectivity index (χ1v) is 8.82. The van der Waals surface area contributed by atoms with Gasteiger partial charge in [-0.2, -0.15) is 13.2 Å². The highest BCUT2D eigenvalue weighted by Gasteiger charge is 2.33. The molecular formula is C17H15F3N6OS. The molecule has 28 heavy (non-hydrogen) atoms. The number of aromatic nitrogens is 3. The van der Waals surface area contributed by atoms with Crippen molar-refractivity contribution in [3.05, 3.63) is 47.8 Å². The van der Waals surface area contributed by atoms with Crippen molar-refractivity contribution < 1.29 is 18.0 Å². The predicted octanol–water partition coefficient (Wildman–Crippen LogP) is 4.61. The first-order valence-electron chi connectivity index (χ1n) is 8.00. The molecule has 7 nitrogen and oxygen atoms in total. The second-order valence-electron chi connectivity index (χ2n) is 5.57. The van der Waals surface area contributed by atoms with E-state index in [0.29, 0.717) is 22.2 Å². The number of nitrogens with zero attached hydrogens (tertiary/aromatic N) is 3. The Labute approximate surface area is 162 Å². The van der Waals surface area contributed by atoms with E-state index in [1.807, 2.05) is 0 Å². The summed E-state index contributed by atoms with van der Waals surface area (Å²) in [5.41, 5.74) is -0.0285. The van der Waals surface area contributed by atoms with E-state index < -0.39 is 17.8 Å². The van der Waals surface area contributed by atoms with Gasteiger partial charge in [0.15, 0.2) is 5.13 Å². The van der Waals surface area contributed by atoms with Crippen molar-refractivity contribution in [1.82, 2.24) is 15.0 Å². The maximum absolute atomic E-state index is 13.0. The molecule has 0 radical (unpaired) electrons. The Bertz CT molecular complexity index is 1000. The number of carbonyl (C=O) groups is 1. The molecule has 2 amide bonds. The number of halogens is 3. The van der Waals surface area contributed by atoms with Gasteiger partial charge in [-0.05, 0) is 25.1 Å². The van der Waals surface area contributed by atoms with E-state index in [1.165, 1.54) is 18.2 Å². The number of amides is 2. The molecular weight excluding hydrogens is 393 g/mol. The molecule has 146 valence electrons. The van der Waals surface area contributed by atoms with E-state index >= 15 is 0 Å². The molecule has 1 aromatic carbocycles.